The summed E-state index contributed by atoms with van der Waals surface area (Å²) in [4.78, 5) is 26.7. The van der Waals surface area contributed by atoms with Gasteiger partial charge in [0.25, 0.3) is 0 Å². The van der Waals surface area contributed by atoms with Crippen LogP contribution >= 0.6 is 11.6 Å². The van der Waals surface area contributed by atoms with Crippen molar-refractivity contribution in [3.05, 3.63) is 65.5 Å². The lowest BCUT2D eigenvalue weighted by Gasteiger charge is -2.33. The molecule has 9 heteroatoms. The number of pyridine rings is 3. The average Bonchev–Trinajstić information content (AvgIpc) is 2.82. The van der Waals surface area contributed by atoms with Crippen molar-refractivity contribution >= 4 is 39.8 Å². The van der Waals surface area contributed by atoms with E-state index in [1.54, 1.807) is 12.4 Å². The molecular weight excluding hydrogens is 414 g/mol. The molecule has 0 saturated carbocycles. The molecule has 8 nitrogen and oxygen atoms in total. The zero-order chi connectivity index (χ0) is 20.8. The van der Waals surface area contributed by atoms with Crippen molar-refractivity contribution in [2.45, 2.75) is 13.0 Å². The summed E-state index contributed by atoms with van der Waals surface area (Å²) in [5.74, 6) is 1.46. The lowest BCUT2D eigenvalue weighted by Crippen LogP contribution is -2.33. The third-order valence-corrected chi connectivity index (χ3v) is 5.82. The van der Waals surface area contributed by atoms with Gasteiger partial charge in [0.2, 0.25) is 11.2 Å². The molecule has 154 valence electrons. The fourth-order valence-corrected chi connectivity index (χ4v) is 4.38. The second-order valence-electron chi connectivity index (χ2n) is 7.49. The number of ether oxygens (including phenoxy) is 1. The molecule has 0 amide bonds. The molecule has 0 radical (unpaired) electrons. The van der Waals surface area contributed by atoms with E-state index < -0.39 is 0 Å². The average molecular weight is 432 g/mol. The molecule has 0 unspecified atom stereocenters. The van der Waals surface area contributed by atoms with Gasteiger partial charge in [-0.2, -0.15) is 9.97 Å². The molecule has 0 spiro atoms. The van der Waals surface area contributed by atoms with Crippen molar-refractivity contribution in [2.24, 2.45) is 0 Å². The van der Waals surface area contributed by atoms with Crippen LogP contribution in [-0.4, -0.2) is 44.6 Å². The molecule has 0 atom stereocenters. The predicted molar refractivity (Wildman–Crippen MR) is 118 cm³/mol. The monoisotopic (exact) mass is 431 g/mol. The maximum atomic E-state index is 6.19. The third-order valence-electron chi connectivity index (χ3n) is 5.66. The minimum absolute atomic E-state index is 0.205. The van der Waals surface area contributed by atoms with Crippen molar-refractivity contribution < 1.29 is 4.74 Å². The van der Waals surface area contributed by atoms with Crippen LogP contribution in [0.25, 0.3) is 11.0 Å². The largest absolute Gasteiger partial charge is 0.474 e. The Morgan fingerprint density at radius 1 is 1.00 bits per heavy atom. The molecule has 4 aromatic rings. The summed E-state index contributed by atoms with van der Waals surface area (Å²) >= 11 is 6.19. The summed E-state index contributed by atoms with van der Waals surface area (Å²) in [6.07, 6.45) is 6.24. The van der Waals surface area contributed by atoms with Gasteiger partial charge in [-0.05, 0) is 47.5 Å². The Morgan fingerprint density at radius 2 is 1.90 bits per heavy atom. The van der Waals surface area contributed by atoms with Crippen LogP contribution in [0.4, 0.5) is 17.2 Å². The smallest absolute Gasteiger partial charge is 0.237 e. The van der Waals surface area contributed by atoms with E-state index in [0.717, 1.165) is 47.8 Å². The molecule has 31 heavy (non-hydrogen) atoms. The summed E-state index contributed by atoms with van der Waals surface area (Å²) in [6.45, 7) is 2.84. The number of hydrogen-bond donors (Lipinski definition) is 0. The van der Waals surface area contributed by atoms with Crippen LogP contribution in [-0.2, 0) is 13.0 Å². The van der Waals surface area contributed by atoms with E-state index in [-0.39, 0.29) is 5.28 Å². The Labute approximate surface area is 183 Å². The number of nitrogens with zero attached hydrogens (tertiary/aromatic N) is 7. The van der Waals surface area contributed by atoms with Crippen LogP contribution in [0.15, 0.2) is 48.9 Å². The lowest BCUT2D eigenvalue weighted by atomic mass is 10.0. The number of halogens is 1. The van der Waals surface area contributed by atoms with Crippen molar-refractivity contribution in [1.29, 1.82) is 0 Å². The van der Waals surface area contributed by atoms with Gasteiger partial charge < -0.3 is 14.5 Å². The summed E-state index contributed by atoms with van der Waals surface area (Å²) in [6, 6.07) is 10.0. The van der Waals surface area contributed by atoms with E-state index in [1.165, 1.54) is 5.56 Å². The fourth-order valence-electron chi connectivity index (χ4n) is 4.22. The number of rotatable bonds is 2. The maximum absolute atomic E-state index is 6.19. The van der Waals surface area contributed by atoms with Gasteiger partial charge in [0.1, 0.15) is 18.1 Å². The first-order valence-corrected chi connectivity index (χ1v) is 10.5. The van der Waals surface area contributed by atoms with E-state index in [4.69, 9.17) is 21.3 Å². The third kappa shape index (κ3) is 3.19. The standard InChI is InChI=1S/C22H18ClN7O/c23-22-27-19-16(3-1-6-24-19)20(28-22)29-8-5-17-14(13-29)11-15(12-26-17)30-9-10-31-21-18(30)4-2-7-25-21/h1-4,6-7,11-12H,5,8-10,13H2. The highest BCUT2D eigenvalue weighted by Gasteiger charge is 2.25. The normalized spacial score (nSPS) is 15.4. The van der Waals surface area contributed by atoms with Crippen molar-refractivity contribution in [2.75, 3.05) is 29.5 Å². The Morgan fingerprint density at radius 3 is 2.87 bits per heavy atom. The molecular formula is C22H18ClN7O. The summed E-state index contributed by atoms with van der Waals surface area (Å²) in [7, 11) is 0. The second kappa shape index (κ2) is 7.31. The first-order chi connectivity index (χ1) is 15.3. The quantitative estimate of drug-likeness (QED) is 0.446. The molecule has 6 rings (SSSR count). The number of anilines is 3. The van der Waals surface area contributed by atoms with Gasteiger partial charge in [0.05, 0.1) is 23.8 Å². The highest BCUT2D eigenvalue weighted by Crippen LogP contribution is 2.36. The van der Waals surface area contributed by atoms with Gasteiger partial charge in [-0.25, -0.2) is 9.97 Å². The first kappa shape index (κ1) is 18.3. The highest BCUT2D eigenvalue weighted by atomic mass is 35.5. The summed E-state index contributed by atoms with van der Waals surface area (Å²) in [5.41, 5.74) is 4.88. The molecule has 6 heterocycles. The SMILES string of the molecule is Clc1nc(N2CCc3ncc(N4CCOc5ncccc54)cc3C2)c2cccnc2n1. The highest BCUT2D eigenvalue weighted by molar-refractivity contribution is 6.28. The minimum atomic E-state index is 0.205. The summed E-state index contributed by atoms with van der Waals surface area (Å²) in [5, 5.41) is 1.10. The van der Waals surface area contributed by atoms with Crippen molar-refractivity contribution in [3.8, 4) is 5.88 Å². The Balaban J connectivity index is 1.37. The van der Waals surface area contributed by atoms with E-state index in [9.17, 15) is 0 Å². The van der Waals surface area contributed by atoms with Gasteiger partial charge in [0.15, 0.2) is 5.65 Å². The van der Waals surface area contributed by atoms with Crippen LogP contribution in [0.1, 0.15) is 11.3 Å². The van der Waals surface area contributed by atoms with Crippen LogP contribution in [0.2, 0.25) is 5.28 Å². The number of hydrogen-bond acceptors (Lipinski definition) is 8. The first-order valence-electron chi connectivity index (χ1n) is 10.1. The van der Waals surface area contributed by atoms with E-state index in [0.29, 0.717) is 24.7 Å². The van der Waals surface area contributed by atoms with E-state index >= 15 is 0 Å². The molecule has 0 saturated heterocycles. The minimum Gasteiger partial charge on any atom is -0.474 e. The molecule has 4 aromatic heterocycles. The van der Waals surface area contributed by atoms with Gasteiger partial charge in [-0.3, -0.25) is 4.98 Å². The predicted octanol–water partition coefficient (Wildman–Crippen LogP) is 3.56. The Hall–Kier alpha value is -3.52. The van der Waals surface area contributed by atoms with E-state index in [1.807, 2.05) is 30.5 Å². The molecule has 2 aliphatic heterocycles. The van der Waals surface area contributed by atoms with Gasteiger partial charge >= 0.3 is 0 Å². The maximum Gasteiger partial charge on any atom is 0.237 e. The lowest BCUT2D eigenvalue weighted by molar-refractivity contribution is 0.301. The Bertz CT molecular complexity index is 1300. The number of aromatic nitrogens is 5. The molecule has 0 fully saturated rings. The molecule has 2 aliphatic rings. The Kier molecular flexibility index (Phi) is 4.31. The molecule has 0 aliphatic carbocycles. The topological polar surface area (TPSA) is 80.2 Å². The fraction of sp³-hybridized carbons (Fsp3) is 0.227. The molecule has 0 bridgehead atoms. The zero-order valence-corrected chi connectivity index (χ0v) is 17.3. The van der Waals surface area contributed by atoms with Crippen LogP contribution < -0.4 is 14.5 Å². The van der Waals surface area contributed by atoms with Crippen molar-refractivity contribution in [1.82, 2.24) is 24.9 Å². The van der Waals surface area contributed by atoms with Gasteiger partial charge in [-0.1, -0.05) is 0 Å². The molecule has 0 N–H and O–H groups in total. The second-order valence-corrected chi connectivity index (χ2v) is 7.83. The van der Waals surface area contributed by atoms with Crippen LogP contribution in [0.3, 0.4) is 0 Å². The molecule has 0 aromatic carbocycles. The zero-order valence-electron chi connectivity index (χ0n) is 16.6. The van der Waals surface area contributed by atoms with Gasteiger partial charge in [-0.15, -0.1) is 0 Å². The number of fused-ring (bicyclic) bond motifs is 3. The van der Waals surface area contributed by atoms with Gasteiger partial charge in [0, 0.05) is 37.6 Å². The van der Waals surface area contributed by atoms with E-state index in [2.05, 4.69) is 35.8 Å². The summed E-state index contributed by atoms with van der Waals surface area (Å²) < 4.78 is 5.70. The van der Waals surface area contributed by atoms with Crippen LogP contribution in [0, 0.1) is 0 Å². The van der Waals surface area contributed by atoms with Crippen molar-refractivity contribution in [3.63, 3.8) is 0 Å². The van der Waals surface area contributed by atoms with Crippen LogP contribution in [0.5, 0.6) is 5.88 Å².